The molecule has 0 N–H and O–H groups in total. The topological polar surface area (TPSA) is 26.3 Å². The molecule has 0 aliphatic carbocycles. The summed E-state index contributed by atoms with van der Waals surface area (Å²) in [7, 11) is 0. The summed E-state index contributed by atoms with van der Waals surface area (Å²) in [5.41, 5.74) is -0.264. The molecule has 2 nitrogen and oxygen atoms in total. The van der Waals surface area contributed by atoms with Gasteiger partial charge in [0, 0.05) is 0 Å². The lowest BCUT2D eigenvalue weighted by atomic mass is 9.80. The first kappa shape index (κ1) is 30.5. The third-order valence-corrected chi connectivity index (χ3v) is 6.89. The van der Waals surface area contributed by atoms with Crippen LogP contribution in [0, 0.1) is 5.41 Å². The van der Waals surface area contributed by atoms with E-state index in [-0.39, 0.29) is 11.4 Å². The molecular formula is C29H58O2. The quantitative estimate of drug-likeness (QED) is 0.111. The van der Waals surface area contributed by atoms with E-state index in [1.807, 2.05) is 0 Å². The first-order valence-corrected chi connectivity index (χ1v) is 14.3. The van der Waals surface area contributed by atoms with Crippen LogP contribution in [0.2, 0.25) is 0 Å². The van der Waals surface area contributed by atoms with E-state index in [1.54, 1.807) is 0 Å². The van der Waals surface area contributed by atoms with Gasteiger partial charge in [0.05, 0.1) is 12.0 Å². The molecular weight excluding hydrogens is 380 g/mol. The predicted octanol–water partition coefficient (Wildman–Crippen LogP) is 10.2. The number of carbonyl (C=O) groups excluding carboxylic acids is 1. The van der Waals surface area contributed by atoms with Gasteiger partial charge in [0.25, 0.3) is 0 Å². The number of rotatable bonds is 24. The van der Waals surface area contributed by atoms with E-state index >= 15 is 0 Å². The Hall–Kier alpha value is -0.530. The van der Waals surface area contributed by atoms with E-state index in [4.69, 9.17) is 4.74 Å². The van der Waals surface area contributed by atoms with Crippen LogP contribution in [0.1, 0.15) is 169 Å². The summed E-state index contributed by atoms with van der Waals surface area (Å²) < 4.78 is 5.73. The highest BCUT2D eigenvalue weighted by Gasteiger charge is 2.33. The second kappa shape index (κ2) is 22.7. The van der Waals surface area contributed by atoms with Crippen molar-refractivity contribution < 1.29 is 9.53 Å². The Labute approximate surface area is 196 Å². The Morgan fingerprint density at radius 2 is 0.871 bits per heavy atom. The zero-order valence-corrected chi connectivity index (χ0v) is 22.1. The monoisotopic (exact) mass is 438 g/mol. The summed E-state index contributed by atoms with van der Waals surface area (Å²) in [5.74, 6) is 0.0622. The van der Waals surface area contributed by atoms with Gasteiger partial charge in [-0.25, -0.2) is 0 Å². The summed E-state index contributed by atoms with van der Waals surface area (Å²) in [6, 6.07) is 0. The van der Waals surface area contributed by atoms with Crippen molar-refractivity contribution in [3.05, 3.63) is 0 Å². The molecule has 186 valence electrons. The molecule has 0 aliphatic rings. The SMILES string of the molecule is CCCCCCCCCCCCCCCCOC(=O)C(C)(CCCC)CCCCCC. The fourth-order valence-corrected chi connectivity index (χ4v) is 4.47. The van der Waals surface area contributed by atoms with Crippen molar-refractivity contribution >= 4 is 5.97 Å². The number of carbonyl (C=O) groups is 1. The van der Waals surface area contributed by atoms with Gasteiger partial charge in [0.15, 0.2) is 0 Å². The highest BCUT2D eigenvalue weighted by Crippen LogP contribution is 2.32. The highest BCUT2D eigenvalue weighted by atomic mass is 16.5. The van der Waals surface area contributed by atoms with E-state index in [0.717, 1.165) is 38.5 Å². The molecule has 0 aliphatic heterocycles. The predicted molar refractivity (Wildman–Crippen MR) is 138 cm³/mol. The van der Waals surface area contributed by atoms with Gasteiger partial charge < -0.3 is 4.74 Å². The van der Waals surface area contributed by atoms with Crippen molar-refractivity contribution in [2.75, 3.05) is 6.61 Å². The van der Waals surface area contributed by atoms with Crippen molar-refractivity contribution in [1.29, 1.82) is 0 Å². The van der Waals surface area contributed by atoms with Crippen molar-refractivity contribution in [1.82, 2.24) is 0 Å². The van der Waals surface area contributed by atoms with Gasteiger partial charge in [-0.2, -0.15) is 0 Å². The van der Waals surface area contributed by atoms with E-state index in [1.165, 1.54) is 103 Å². The van der Waals surface area contributed by atoms with Crippen LogP contribution in [0.15, 0.2) is 0 Å². The van der Waals surface area contributed by atoms with Crippen LogP contribution in [0.25, 0.3) is 0 Å². The summed E-state index contributed by atoms with van der Waals surface area (Å²) in [4.78, 5) is 12.7. The average Bonchev–Trinajstić information content (AvgIpc) is 2.77. The van der Waals surface area contributed by atoms with E-state index in [2.05, 4.69) is 27.7 Å². The number of unbranched alkanes of at least 4 members (excludes halogenated alkanes) is 17. The standard InChI is InChI=1S/C29H58O2/c1-5-8-11-13-14-15-16-17-18-19-20-21-22-24-27-31-28(30)29(4,25-10-7-3)26-23-12-9-6-2/h5-27H2,1-4H3. The molecule has 0 amide bonds. The number of hydrogen-bond acceptors (Lipinski definition) is 2. The molecule has 1 unspecified atom stereocenters. The average molecular weight is 439 g/mol. The molecule has 31 heavy (non-hydrogen) atoms. The van der Waals surface area contributed by atoms with Gasteiger partial charge in [-0.15, -0.1) is 0 Å². The molecule has 0 radical (unpaired) electrons. The third-order valence-electron chi connectivity index (χ3n) is 6.89. The maximum Gasteiger partial charge on any atom is 0.311 e. The highest BCUT2D eigenvalue weighted by molar-refractivity contribution is 5.76. The lowest BCUT2D eigenvalue weighted by Gasteiger charge is -2.27. The second-order valence-corrected chi connectivity index (χ2v) is 10.2. The van der Waals surface area contributed by atoms with Crippen LogP contribution in [0.5, 0.6) is 0 Å². The minimum Gasteiger partial charge on any atom is -0.465 e. The fourth-order valence-electron chi connectivity index (χ4n) is 4.47. The molecule has 0 fully saturated rings. The number of ether oxygens (including phenoxy) is 1. The summed E-state index contributed by atoms with van der Waals surface area (Å²) in [6.07, 6.45) is 28.2. The van der Waals surface area contributed by atoms with Gasteiger partial charge in [0.1, 0.15) is 0 Å². The van der Waals surface area contributed by atoms with Crippen LogP contribution in [0.3, 0.4) is 0 Å². The molecule has 0 heterocycles. The van der Waals surface area contributed by atoms with Gasteiger partial charge >= 0.3 is 5.97 Å². The molecule has 0 aromatic heterocycles. The Morgan fingerprint density at radius 1 is 0.516 bits per heavy atom. The van der Waals surface area contributed by atoms with Crippen LogP contribution in [-0.4, -0.2) is 12.6 Å². The first-order valence-electron chi connectivity index (χ1n) is 14.3. The van der Waals surface area contributed by atoms with Gasteiger partial charge in [-0.05, 0) is 26.2 Å². The molecule has 0 saturated carbocycles. The number of hydrogen-bond donors (Lipinski definition) is 0. The lowest BCUT2D eigenvalue weighted by molar-refractivity contribution is -0.156. The third kappa shape index (κ3) is 18.7. The second-order valence-electron chi connectivity index (χ2n) is 10.2. The molecule has 0 spiro atoms. The molecule has 0 bridgehead atoms. The summed E-state index contributed by atoms with van der Waals surface area (Å²) >= 11 is 0. The molecule has 0 saturated heterocycles. The fraction of sp³-hybridized carbons (Fsp3) is 0.966. The Morgan fingerprint density at radius 3 is 1.32 bits per heavy atom. The van der Waals surface area contributed by atoms with Crippen molar-refractivity contribution in [2.45, 2.75) is 169 Å². The first-order chi connectivity index (χ1) is 15.1. The Balaban J connectivity index is 3.68. The van der Waals surface area contributed by atoms with Crippen LogP contribution < -0.4 is 0 Å². The van der Waals surface area contributed by atoms with Crippen LogP contribution in [0.4, 0.5) is 0 Å². The lowest BCUT2D eigenvalue weighted by Crippen LogP contribution is -2.30. The molecule has 0 rings (SSSR count). The minimum absolute atomic E-state index is 0.0622. The van der Waals surface area contributed by atoms with E-state index in [9.17, 15) is 4.79 Å². The van der Waals surface area contributed by atoms with Crippen LogP contribution in [-0.2, 0) is 9.53 Å². The number of esters is 1. The van der Waals surface area contributed by atoms with Crippen LogP contribution >= 0.6 is 0 Å². The molecule has 1 atom stereocenters. The zero-order valence-electron chi connectivity index (χ0n) is 22.1. The smallest absolute Gasteiger partial charge is 0.311 e. The Kier molecular flexibility index (Phi) is 22.3. The van der Waals surface area contributed by atoms with E-state index in [0.29, 0.717) is 6.61 Å². The summed E-state index contributed by atoms with van der Waals surface area (Å²) in [6.45, 7) is 9.49. The van der Waals surface area contributed by atoms with Crippen molar-refractivity contribution in [3.63, 3.8) is 0 Å². The zero-order chi connectivity index (χ0) is 23.0. The molecule has 0 aromatic carbocycles. The van der Waals surface area contributed by atoms with Gasteiger partial charge in [-0.3, -0.25) is 4.79 Å². The largest absolute Gasteiger partial charge is 0.465 e. The van der Waals surface area contributed by atoms with Gasteiger partial charge in [0.2, 0.25) is 0 Å². The van der Waals surface area contributed by atoms with E-state index < -0.39 is 0 Å². The maximum atomic E-state index is 12.7. The molecule has 0 aromatic rings. The molecule has 2 heteroatoms. The van der Waals surface area contributed by atoms with Crippen molar-refractivity contribution in [2.24, 2.45) is 5.41 Å². The summed E-state index contributed by atoms with van der Waals surface area (Å²) in [5, 5.41) is 0. The normalized spacial score (nSPS) is 13.3. The Bertz CT molecular complexity index is 379. The van der Waals surface area contributed by atoms with Crippen molar-refractivity contribution in [3.8, 4) is 0 Å². The minimum atomic E-state index is -0.264. The van der Waals surface area contributed by atoms with Gasteiger partial charge in [-0.1, -0.05) is 143 Å². The maximum absolute atomic E-state index is 12.7.